The zero-order valence-corrected chi connectivity index (χ0v) is 42.6. The molecular weight excluding hydrogens is 839 g/mol. The summed E-state index contributed by atoms with van der Waals surface area (Å²) in [5.41, 5.74) is 0. The van der Waals surface area contributed by atoms with Gasteiger partial charge < -0.3 is 40.3 Å². The van der Waals surface area contributed by atoms with Gasteiger partial charge in [-0.05, 0) is 57.8 Å². The number of amides is 1. The molecule has 0 radical (unpaired) electrons. The Kier molecular flexibility index (Phi) is 43.8. The van der Waals surface area contributed by atoms with Crippen molar-refractivity contribution in [2.75, 3.05) is 13.2 Å². The van der Waals surface area contributed by atoms with Crippen LogP contribution in [-0.4, -0.2) is 87.5 Å². The van der Waals surface area contributed by atoms with Crippen molar-refractivity contribution < 1.29 is 39.8 Å². The molecule has 7 atom stereocenters. The fourth-order valence-corrected chi connectivity index (χ4v) is 8.18. The molecule has 9 nitrogen and oxygen atoms in total. The summed E-state index contributed by atoms with van der Waals surface area (Å²) in [7, 11) is 0. The first-order valence-corrected chi connectivity index (χ1v) is 27.3. The average Bonchev–Trinajstić information content (AvgIpc) is 3.33. The van der Waals surface area contributed by atoms with E-state index in [1.165, 1.54) is 135 Å². The van der Waals surface area contributed by atoms with Gasteiger partial charge in [0.2, 0.25) is 5.91 Å². The number of carbonyl (C=O) groups excluding carboxylic acids is 1. The van der Waals surface area contributed by atoms with Crippen LogP contribution in [0.4, 0.5) is 0 Å². The van der Waals surface area contributed by atoms with Crippen LogP contribution >= 0.6 is 0 Å². The molecule has 0 aromatic heterocycles. The first-order valence-electron chi connectivity index (χ1n) is 27.3. The maximum atomic E-state index is 13.0. The van der Waals surface area contributed by atoms with Crippen molar-refractivity contribution in [1.29, 1.82) is 0 Å². The monoisotopic (exact) mass is 940 g/mol. The Morgan fingerprint density at radius 1 is 0.522 bits per heavy atom. The Morgan fingerprint density at radius 3 is 1.34 bits per heavy atom. The molecule has 0 aromatic carbocycles. The molecular formula is C58H101NO8. The molecule has 1 fully saturated rings. The van der Waals surface area contributed by atoms with E-state index in [0.717, 1.165) is 57.8 Å². The van der Waals surface area contributed by atoms with Crippen LogP contribution < -0.4 is 5.32 Å². The predicted octanol–water partition coefficient (Wildman–Crippen LogP) is 13.1. The summed E-state index contributed by atoms with van der Waals surface area (Å²) in [5.74, 6) is -0.260. The van der Waals surface area contributed by atoms with Crippen molar-refractivity contribution in [2.45, 2.75) is 262 Å². The van der Waals surface area contributed by atoms with E-state index < -0.39 is 49.5 Å². The van der Waals surface area contributed by atoms with Crippen molar-refractivity contribution >= 4 is 5.91 Å². The summed E-state index contributed by atoms with van der Waals surface area (Å²) in [5, 5.41) is 54.4. The molecule has 67 heavy (non-hydrogen) atoms. The van der Waals surface area contributed by atoms with Crippen LogP contribution in [0.5, 0.6) is 0 Å². The van der Waals surface area contributed by atoms with Crippen molar-refractivity contribution in [3.63, 3.8) is 0 Å². The third-order valence-electron chi connectivity index (χ3n) is 12.5. The summed E-state index contributed by atoms with van der Waals surface area (Å²) in [6, 6.07) is -0.851. The lowest BCUT2D eigenvalue weighted by atomic mass is 9.99. The van der Waals surface area contributed by atoms with Crippen LogP contribution in [-0.2, 0) is 14.3 Å². The van der Waals surface area contributed by atoms with Gasteiger partial charge in [-0.2, -0.15) is 0 Å². The highest BCUT2D eigenvalue weighted by atomic mass is 16.7. The standard InChI is InChI=1S/C58H101NO8/c1-3-5-7-9-11-13-15-17-19-21-23-24-25-26-27-28-30-31-33-35-37-39-41-43-45-47-52(61)51(50-66-58-57(65)56(64)55(63)53(49-60)67-58)59-54(62)48-46-44-42-40-38-36-34-32-29-22-20-18-16-14-12-10-8-6-4-2/h6,8,12,14,18,20,29,32,36,38,42,44-45,47,51-53,55-58,60-61,63-65H,3-5,7,9-11,13,15-17,19,21-28,30-31,33-35,37,39-41,43,46,48-50H2,1-2H3,(H,59,62)/b8-6-,14-12-,20-18-,32-29-,38-36-,44-42-,47-45+. The van der Waals surface area contributed by atoms with E-state index in [9.17, 15) is 30.3 Å². The van der Waals surface area contributed by atoms with Crippen LogP contribution in [0.15, 0.2) is 85.1 Å². The molecule has 1 heterocycles. The van der Waals surface area contributed by atoms with Gasteiger partial charge in [-0.3, -0.25) is 4.79 Å². The van der Waals surface area contributed by atoms with E-state index in [2.05, 4.69) is 79.9 Å². The van der Waals surface area contributed by atoms with Gasteiger partial charge in [0.25, 0.3) is 0 Å². The average molecular weight is 940 g/mol. The largest absolute Gasteiger partial charge is 0.394 e. The predicted molar refractivity (Wildman–Crippen MR) is 281 cm³/mol. The Balaban J connectivity index is 2.31. The lowest BCUT2D eigenvalue weighted by Gasteiger charge is -2.40. The molecule has 1 rings (SSSR count). The fraction of sp³-hybridized carbons (Fsp3) is 0.741. The zero-order valence-electron chi connectivity index (χ0n) is 42.6. The fourth-order valence-electron chi connectivity index (χ4n) is 8.18. The van der Waals surface area contributed by atoms with Gasteiger partial charge in [0.05, 0.1) is 25.4 Å². The number of aliphatic hydroxyl groups is 5. The molecule has 7 unspecified atom stereocenters. The summed E-state index contributed by atoms with van der Waals surface area (Å²) in [6.07, 6.45) is 59.4. The van der Waals surface area contributed by atoms with Crippen LogP contribution in [0.25, 0.3) is 0 Å². The zero-order chi connectivity index (χ0) is 48.7. The van der Waals surface area contributed by atoms with Crippen LogP contribution in [0.1, 0.15) is 219 Å². The van der Waals surface area contributed by atoms with Crippen molar-refractivity contribution in [2.24, 2.45) is 0 Å². The molecule has 1 saturated heterocycles. The molecule has 0 aromatic rings. The minimum atomic E-state index is -1.58. The van der Waals surface area contributed by atoms with E-state index in [4.69, 9.17) is 9.47 Å². The molecule has 1 aliphatic heterocycles. The third kappa shape index (κ3) is 36.9. The summed E-state index contributed by atoms with van der Waals surface area (Å²) in [6.45, 7) is 3.63. The summed E-state index contributed by atoms with van der Waals surface area (Å²) < 4.78 is 11.2. The Hall–Kier alpha value is -2.63. The number of rotatable bonds is 45. The van der Waals surface area contributed by atoms with Gasteiger partial charge >= 0.3 is 0 Å². The first kappa shape index (κ1) is 62.4. The smallest absolute Gasteiger partial charge is 0.220 e. The van der Waals surface area contributed by atoms with Crippen LogP contribution in [0.2, 0.25) is 0 Å². The Bertz CT molecular complexity index is 1320. The highest BCUT2D eigenvalue weighted by molar-refractivity contribution is 5.76. The molecule has 1 aliphatic rings. The second kappa shape index (κ2) is 47.1. The molecule has 0 spiro atoms. The minimum absolute atomic E-state index is 0.217. The number of ether oxygens (including phenoxy) is 2. The lowest BCUT2D eigenvalue weighted by Crippen LogP contribution is -2.60. The maximum absolute atomic E-state index is 13.0. The molecule has 9 heteroatoms. The minimum Gasteiger partial charge on any atom is -0.394 e. The van der Waals surface area contributed by atoms with E-state index in [1.54, 1.807) is 6.08 Å². The molecule has 1 amide bonds. The number of hydrogen-bond acceptors (Lipinski definition) is 8. The molecule has 0 aliphatic carbocycles. The van der Waals surface area contributed by atoms with Crippen molar-refractivity contribution in [1.82, 2.24) is 5.32 Å². The Morgan fingerprint density at radius 2 is 0.925 bits per heavy atom. The highest BCUT2D eigenvalue weighted by Crippen LogP contribution is 2.23. The summed E-state index contributed by atoms with van der Waals surface area (Å²) >= 11 is 0. The number of aliphatic hydroxyl groups excluding tert-OH is 5. The number of hydrogen-bond donors (Lipinski definition) is 6. The normalized spacial score (nSPS) is 20.4. The molecule has 6 N–H and O–H groups in total. The number of carbonyl (C=O) groups is 1. The second-order valence-electron chi connectivity index (χ2n) is 18.6. The number of allylic oxidation sites excluding steroid dienone is 13. The van der Waals surface area contributed by atoms with Crippen LogP contribution in [0, 0.1) is 0 Å². The van der Waals surface area contributed by atoms with Gasteiger partial charge in [0.1, 0.15) is 24.4 Å². The quantitative estimate of drug-likeness (QED) is 0.0261. The van der Waals surface area contributed by atoms with Gasteiger partial charge in [-0.1, -0.05) is 240 Å². The van der Waals surface area contributed by atoms with Gasteiger partial charge in [-0.15, -0.1) is 0 Å². The van der Waals surface area contributed by atoms with E-state index in [0.29, 0.717) is 6.42 Å². The maximum Gasteiger partial charge on any atom is 0.220 e. The third-order valence-corrected chi connectivity index (χ3v) is 12.5. The second-order valence-corrected chi connectivity index (χ2v) is 18.6. The highest BCUT2D eigenvalue weighted by Gasteiger charge is 2.44. The number of unbranched alkanes of at least 4 members (excludes halogenated alkanes) is 23. The first-order chi connectivity index (χ1) is 32.8. The number of nitrogens with one attached hydrogen (secondary N) is 1. The van der Waals surface area contributed by atoms with Crippen molar-refractivity contribution in [3.8, 4) is 0 Å². The van der Waals surface area contributed by atoms with Crippen LogP contribution in [0.3, 0.4) is 0 Å². The lowest BCUT2D eigenvalue weighted by molar-refractivity contribution is -0.302. The SMILES string of the molecule is CC/C=C\C/C=C\C/C=C\C/C=C\C/C=C\C/C=C\CCC(=O)NC(COC1OC(CO)C(O)C(O)C1O)C(O)/C=C/CCCCCCCCCCCCCCCCCCCCCCCCC. The molecule has 0 bridgehead atoms. The molecule has 0 saturated carbocycles. The van der Waals surface area contributed by atoms with Crippen molar-refractivity contribution in [3.05, 3.63) is 85.1 Å². The van der Waals surface area contributed by atoms with Gasteiger partial charge in [0.15, 0.2) is 6.29 Å². The van der Waals surface area contributed by atoms with E-state index >= 15 is 0 Å². The van der Waals surface area contributed by atoms with Gasteiger partial charge in [-0.25, -0.2) is 0 Å². The van der Waals surface area contributed by atoms with Gasteiger partial charge in [0, 0.05) is 6.42 Å². The topological polar surface area (TPSA) is 149 Å². The van der Waals surface area contributed by atoms with E-state index in [1.807, 2.05) is 18.2 Å². The van der Waals surface area contributed by atoms with E-state index in [-0.39, 0.29) is 18.9 Å². The molecule has 386 valence electrons. The Labute approximate surface area is 410 Å². The summed E-state index contributed by atoms with van der Waals surface area (Å²) in [4.78, 5) is 13.0.